The van der Waals surface area contributed by atoms with Crippen LogP contribution in [0.4, 0.5) is 5.95 Å². The molecule has 2 aromatic heterocycles. The lowest BCUT2D eigenvalue weighted by Gasteiger charge is -2.25. The summed E-state index contributed by atoms with van der Waals surface area (Å²) in [6.45, 7) is 3.13. The minimum Gasteiger partial charge on any atom is -0.382 e. The number of rotatable bonds is 12. The van der Waals surface area contributed by atoms with Crippen LogP contribution in [0.15, 0.2) is 12.4 Å². The molecule has 3 heterocycles. The molecule has 1 N–H and O–H groups in total. The van der Waals surface area contributed by atoms with Crippen LogP contribution in [-0.2, 0) is 29.0 Å². The van der Waals surface area contributed by atoms with E-state index in [1.807, 2.05) is 0 Å². The zero-order chi connectivity index (χ0) is 24.0. The number of hydrogen-bond acceptors (Lipinski definition) is 10. The van der Waals surface area contributed by atoms with E-state index in [-0.39, 0.29) is 36.9 Å². The number of methoxy groups -OCH3 is 3. The number of sulfonamides is 1. The zero-order valence-corrected chi connectivity index (χ0v) is 20.5. The summed E-state index contributed by atoms with van der Waals surface area (Å²) in [7, 11) is 0.512. The monoisotopic (exact) mass is 504 g/mol. The quantitative estimate of drug-likeness (QED) is 0.453. The predicted molar refractivity (Wildman–Crippen MR) is 120 cm³/mol. The molecule has 184 valence electrons. The van der Waals surface area contributed by atoms with E-state index < -0.39 is 21.4 Å². The minimum absolute atomic E-state index is 0.0152. The summed E-state index contributed by atoms with van der Waals surface area (Å²) in [6.07, 6.45) is 2.59. The standard InChI is InChI=1S/C19H29ClN6O6S/c1-12(16(31-4)17-21-7-14(20)8-22-17)33(27,28)25-19-24-23-18(13-5-6-32-9-13)26(19)15(10-29-2)11-30-3/h7-8,12-13,15-16H,5-6,9-11H2,1-4H3,(H,24,25)/t12?,13-,16?/m0/s1. The number of hydrogen-bond donors (Lipinski definition) is 1. The lowest BCUT2D eigenvalue weighted by atomic mass is 10.1. The Morgan fingerprint density at radius 1 is 1.21 bits per heavy atom. The van der Waals surface area contributed by atoms with Gasteiger partial charge < -0.3 is 18.9 Å². The largest absolute Gasteiger partial charge is 0.382 e. The predicted octanol–water partition coefficient (Wildman–Crippen LogP) is 1.58. The minimum atomic E-state index is -4.00. The Bertz CT molecular complexity index is 993. The topological polar surface area (TPSA) is 140 Å². The van der Waals surface area contributed by atoms with Gasteiger partial charge >= 0.3 is 0 Å². The molecule has 1 aliphatic heterocycles. The molecular formula is C19H29ClN6O6S. The average Bonchev–Trinajstić information content (AvgIpc) is 3.45. The van der Waals surface area contributed by atoms with Gasteiger partial charge in [-0.3, -0.25) is 9.29 Å². The van der Waals surface area contributed by atoms with Gasteiger partial charge in [-0.25, -0.2) is 18.4 Å². The van der Waals surface area contributed by atoms with E-state index in [0.29, 0.717) is 24.1 Å². The molecule has 0 aromatic carbocycles. The first-order valence-electron chi connectivity index (χ1n) is 10.3. The molecule has 0 amide bonds. The van der Waals surface area contributed by atoms with E-state index in [4.69, 9.17) is 30.5 Å². The lowest BCUT2D eigenvalue weighted by molar-refractivity contribution is 0.0880. The second-order valence-corrected chi connectivity index (χ2v) is 10.1. The zero-order valence-electron chi connectivity index (χ0n) is 19.0. The molecule has 0 saturated carbocycles. The summed E-state index contributed by atoms with van der Waals surface area (Å²) >= 11 is 5.85. The van der Waals surface area contributed by atoms with Crippen molar-refractivity contribution >= 4 is 27.6 Å². The fourth-order valence-corrected chi connectivity index (χ4v) is 4.93. The molecule has 0 radical (unpaired) electrons. The smallest absolute Gasteiger partial charge is 0.240 e. The Morgan fingerprint density at radius 3 is 2.42 bits per heavy atom. The van der Waals surface area contributed by atoms with Crippen molar-refractivity contribution in [3.8, 4) is 0 Å². The third kappa shape index (κ3) is 5.97. The summed E-state index contributed by atoms with van der Waals surface area (Å²) in [4.78, 5) is 8.20. The SMILES string of the molecule is COCC(COC)n1c(NS(=O)(=O)C(C)C(OC)c2ncc(Cl)cn2)nnc1[C@H]1CCOC1. The van der Waals surface area contributed by atoms with E-state index in [2.05, 4.69) is 24.9 Å². The molecule has 33 heavy (non-hydrogen) atoms. The molecule has 0 aliphatic carbocycles. The van der Waals surface area contributed by atoms with Gasteiger partial charge in [-0.15, -0.1) is 10.2 Å². The Hall–Kier alpha value is -1.90. The second kappa shape index (κ2) is 11.5. The van der Waals surface area contributed by atoms with E-state index >= 15 is 0 Å². The summed E-state index contributed by atoms with van der Waals surface area (Å²) in [5, 5.41) is 7.71. The van der Waals surface area contributed by atoms with E-state index in [1.165, 1.54) is 26.4 Å². The molecular weight excluding hydrogens is 476 g/mol. The first kappa shape index (κ1) is 25.7. The molecule has 1 fully saturated rings. The number of nitrogens with zero attached hydrogens (tertiary/aromatic N) is 5. The van der Waals surface area contributed by atoms with Gasteiger partial charge in [-0.05, 0) is 13.3 Å². The average molecular weight is 505 g/mol. The molecule has 2 aromatic rings. The number of halogens is 1. The van der Waals surface area contributed by atoms with E-state index in [9.17, 15) is 8.42 Å². The lowest BCUT2D eigenvalue weighted by Crippen LogP contribution is -2.34. The third-order valence-corrected chi connectivity index (χ3v) is 7.29. The van der Waals surface area contributed by atoms with Crippen LogP contribution in [0.3, 0.4) is 0 Å². The Labute approximate surface area is 198 Å². The molecule has 0 spiro atoms. The maximum Gasteiger partial charge on any atom is 0.240 e. The number of anilines is 1. The van der Waals surface area contributed by atoms with Crippen molar-refractivity contribution in [1.82, 2.24) is 24.7 Å². The van der Waals surface area contributed by atoms with Crippen LogP contribution in [0.25, 0.3) is 0 Å². The summed E-state index contributed by atoms with van der Waals surface area (Å²) in [6, 6.07) is -0.351. The molecule has 1 aliphatic rings. The van der Waals surface area contributed by atoms with Gasteiger partial charge in [0.25, 0.3) is 0 Å². The summed E-state index contributed by atoms with van der Waals surface area (Å²) in [5.41, 5.74) is 0. The van der Waals surface area contributed by atoms with Crippen molar-refractivity contribution in [2.24, 2.45) is 0 Å². The fraction of sp³-hybridized carbons (Fsp3) is 0.684. The third-order valence-electron chi connectivity index (χ3n) is 5.40. The first-order chi connectivity index (χ1) is 15.8. The highest BCUT2D eigenvalue weighted by molar-refractivity contribution is 7.93. The highest BCUT2D eigenvalue weighted by Crippen LogP contribution is 2.30. The fourth-order valence-electron chi connectivity index (χ4n) is 3.69. The van der Waals surface area contributed by atoms with Crippen LogP contribution in [-0.4, -0.2) is 86.2 Å². The van der Waals surface area contributed by atoms with Gasteiger partial charge in [0.05, 0.1) is 30.9 Å². The van der Waals surface area contributed by atoms with E-state index in [0.717, 1.165) is 6.42 Å². The van der Waals surface area contributed by atoms with Crippen LogP contribution in [0.1, 0.15) is 43.1 Å². The normalized spacial score (nSPS) is 18.5. The Kier molecular flexibility index (Phi) is 8.95. The maximum atomic E-state index is 13.3. The molecule has 14 heteroatoms. The Balaban J connectivity index is 1.93. The van der Waals surface area contributed by atoms with Crippen LogP contribution >= 0.6 is 11.6 Å². The number of aromatic nitrogens is 5. The molecule has 2 unspecified atom stereocenters. The van der Waals surface area contributed by atoms with Gasteiger partial charge in [-0.2, -0.15) is 0 Å². The van der Waals surface area contributed by atoms with Gasteiger partial charge in [-0.1, -0.05) is 11.6 Å². The van der Waals surface area contributed by atoms with Gasteiger partial charge in [0.2, 0.25) is 16.0 Å². The number of ether oxygens (including phenoxy) is 4. The molecule has 3 atom stereocenters. The van der Waals surface area contributed by atoms with Crippen molar-refractivity contribution in [3.05, 3.63) is 29.1 Å². The van der Waals surface area contributed by atoms with Crippen LogP contribution < -0.4 is 4.72 Å². The number of nitrogens with one attached hydrogen (secondary N) is 1. The summed E-state index contributed by atoms with van der Waals surface area (Å²) in [5.74, 6) is 0.858. The van der Waals surface area contributed by atoms with E-state index in [1.54, 1.807) is 18.8 Å². The molecule has 1 saturated heterocycles. The van der Waals surface area contributed by atoms with Gasteiger partial charge in [0.15, 0.2) is 5.82 Å². The molecule has 12 nitrogen and oxygen atoms in total. The van der Waals surface area contributed by atoms with Crippen LogP contribution in [0, 0.1) is 0 Å². The second-order valence-electron chi connectivity index (χ2n) is 7.64. The van der Waals surface area contributed by atoms with Gasteiger partial charge in [0.1, 0.15) is 17.2 Å². The van der Waals surface area contributed by atoms with Crippen LogP contribution in [0.2, 0.25) is 5.02 Å². The van der Waals surface area contributed by atoms with Crippen molar-refractivity contribution in [2.75, 3.05) is 52.5 Å². The highest BCUT2D eigenvalue weighted by atomic mass is 35.5. The summed E-state index contributed by atoms with van der Waals surface area (Å²) < 4.78 is 52.5. The van der Waals surface area contributed by atoms with Gasteiger partial charge in [0, 0.05) is 46.2 Å². The Morgan fingerprint density at radius 2 is 1.88 bits per heavy atom. The molecule has 0 bridgehead atoms. The first-order valence-corrected chi connectivity index (χ1v) is 12.3. The van der Waals surface area contributed by atoms with Crippen molar-refractivity contribution < 1.29 is 27.4 Å². The maximum absolute atomic E-state index is 13.3. The highest BCUT2D eigenvalue weighted by Gasteiger charge is 2.36. The van der Waals surface area contributed by atoms with Crippen molar-refractivity contribution in [3.63, 3.8) is 0 Å². The van der Waals surface area contributed by atoms with Crippen molar-refractivity contribution in [1.29, 1.82) is 0 Å². The van der Waals surface area contributed by atoms with Crippen LogP contribution in [0.5, 0.6) is 0 Å². The van der Waals surface area contributed by atoms with Crippen molar-refractivity contribution in [2.45, 2.75) is 36.7 Å². The molecule has 3 rings (SSSR count).